The Labute approximate surface area is 134 Å². The number of aliphatic hydroxyl groups excluding tert-OH is 1. The lowest BCUT2D eigenvalue weighted by Gasteiger charge is -2.13. The van der Waals surface area contributed by atoms with Gasteiger partial charge >= 0.3 is 5.97 Å². The van der Waals surface area contributed by atoms with E-state index in [2.05, 4.69) is 4.98 Å². The Morgan fingerprint density at radius 3 is 2.39 bits per heavy atom. The molecule has 2 rings (SSSR count). The first-order valence-corrected chi connectivity index (χ1v) is 7.16. The molecule has 0 aliphatic carbocycles. The number of aryl methyl sites for hydroxylation is 3. The molecule has 1 aromatic carbocycles. The Kier molecular flexibility index (Phi) is 5.18. The molecule has 3 N–H and O–H groups in total. The number of aliphatic hydroxyl groups is 1. The van der Waals surface area contributed by atoms with Gasteiger partial charge in [0, 0.05) is 5.56 Å². The van der Waals surface area contributed by atoms with Gasteiger partial charge < -0.3 is 20.1 Å². The summed E-state index contributed by atoms with van der Waals surface area (Å²) in [6.07, 6.45) is 0.981. The summed E-state index contributed by atoms with van der Waals surface area (Å²) in [5.41, 5.74) is 1.57. The van der Waals surface area contributed by atoms with Gasteiger partial charge in [0.1, 0.15) is 11.5 Å². The van der Waals surface area contributed by atoms with E-state index >= 15 is 0 Å². The Bertz CT molecular complexity index is 710. The minimum atomic E-state index is -1.21. The van der Waals surface area contributed by atoms with E-state index in [0.717, 1.165) is 11.3 Å². The number of nitrogens with zero attached hydrogens (tertiary/aromatic N) is 1. The zero-order valence-corrected chi connectivity index (χ0v) is 13.0. The summed E-state index contributed by atoms with van der Waals surface area (Å²) in [7, 11) is 1.59. The van der Waals surface area contributed by atoms with Gasteiger partial charge in [-0.25, -0.2) is 4.79 Å². The predicted octanol–water partition coefficient (Wildman–Crippen LogP) is 2.08. The van der Waals surface area contributed by atoms with Gasteiger partial charge in [0.15, 0.2) is 0 Å². The zero-order valence-electron chi connectivity index (χ0n) is 13.0. The van der Waals surface area contributed by atoms with Crippen LogP contribution in [-0.2, 0) is 19.4 Å². The fraction of sp³-hybridized carbons (Fsp3) is 0.294. The highest BCUT2D eigenvalue weighted by Gasteiger charge is 2.21. The normalized spacial score (nSPS) is 10.6. The lowest BCUT2D eigenvalue weighted by Crippen LogP contribution is -2.12. The van der Waals surface area contributed by atoms with E-state index in [9.17, 15) is 20.1 Å². The molecule has 6 nitrogen and oxygen atoms in total. The van der Waals surface area contributed by atoms with Gasteiger partial charge in [-0.3, -0.25) is 4.98 Å². The second kappa shape index (κ2) is 7.11. The highest BCUT2D eigenvalue weighted by Crippen LogP contribution is 2.27. The molecule has 0 saturated carbocycles. The summed E-state index contributed by atoms with van der Waals surface area (Å²) in [6, 6.07) is 7.48. The van der Waals surface area contributed by atoms with Crippen molar-refractivity contribution >= 4 is 5.97 Å². The third-order valence-electron chi connectivity index (χ3n) is 3.70. The van der Waals surface area contributed by atoms with Crippen molar-refractivity contribution in [2.24, 2.45) is 0 Å². The molecule has 6 heteroatoms. The van der Waals surface area contributed by atoms with E-state index in [1.807, 2.05) is 24.3 Å². The molecule has 23 heavy (non-hydrogen) atoms. The number of carboxylic acid groups (broad SMARTS) is 1. The van der Waals surface area contributed by atoms with Crippen molar-refractivity contribution in [2.75, 3.05) is 7.11 Å². The molecular formula is C17H19NO5. The number of methoxy groups -OCH3 is 1. The van der Waals surface area contributed by atoms with Crippen molar-refractivity contribution in [3.63, 3.8) is 0 Å². The van der Waals surface area contributed by atoms with Gasteiger partial charge in [0.05, 0.1) is 30.7 Å². The lowest BCUT2D eigenvalue weighted by atomic mass is 9.99. The Morgan fingerprint density at radius 1 is 1.22 bits per heavy atom. The fourth-order valence-corrected chi connectivity index (χ4v) is 2.46. The number of carbonyl (C=O) groups is 1. The summed E-state index contributed by atoms with van der Waals surface area (Å²) in [6.45, 7) is 1.03. The largest absolute Gasteiger partial charge is 0.506 e. The average molecular weight is 317 g/mol. The lowest BCUT2D eigenvalue weighted by molar-refractivity contribution is 0.0690. The van der Waals surface area contributed by atoms with Gasteiger partial charge in [-0.15, -0.1) is 0 Å². The molecule has 0 fully saturated rings. The van der Waals surface area contributed by atoms with Crippen LogP contribution in [0.3, 0.4) is 0 Å². The van der Waals surface area contributed by atoms with Crippen molar-refractivity contribution < 1.29 is 24.9 Å². The molecule has 0 radical (unpaired) electrons. The van der Waals surface area contributed by atoms with Crippen LogP contribution in [0.1, 0.15) is 32.9 Å². The molecule has 0 spiro atoms. The number of hydrogen-bond donors (Lipinski definition) is 3. The van der Waals surface area contributed by atoms with E-state index < -0.39 is 12.6 Å². The van der Waals surface area contributed by atoms with E-state index in [0.29, 0.717) is 24.2 Å². The molecule has 1 heterocycles. The molecule has 0 aliphatic rings. The summed E-state index contributed by atoms with van der Waals surface area (Å²) in [4.78, 5) is 15.7. The van der Waals surface area contributed by atoms with E-state index in [4.69, 9.17) is 4.74 Å². The standard InChI is InChI=1S/C17H19NO5/c1-10-16(20)13(9-19)15(17(21)22)14(18-10)8-5-11-3-6-12(23-2)7-4-11/h3-4,6-7,19-20H,5,8-9H2,1-2H3,(H,21,22). The number of pyridine rings is 1. The fourth-order valence-electron chi connectivity index (χ4n) is 2.46. The molecule has 122 valence electrons. The molecule has 0 unspecified atom stereocenters. The van der Waals surface area contributed by atoms with Crippen LogP contribution in [0.25, 0.3) is 0 Å². The SMILES string of the molecule is COc1ccc(CCc2nc(C)c(O)c(CO)c2C(=O)O)cc1. The van der Waals surface area contributed by atoms with Gasteiger partial charge in [-0.05, 0) is 37.5 Å². The van der Waals surface area contributed by atoms with Crippen molar-refractivity contribution in [3.8, 4) is 11.5 Å². The molecule has 0 bridgehead atoms. The maximum Gasteiger partial charge on any atom is 0.338 e. The van der Waals surface area contributed by atoms with Crippen LogP contribution in [0.4, 0.5) is 0 Å². The smallest absolute Gasteiger partial charge is 0.338 e. The van der Waals surface area contributed by atoms with Crippen molar-refractivity contribution in [1.29, 1.82) is 0 Å². The molecule has 0 saturated heterocycles. The van der Waals surface area contributed by atoms with Crippen LogP contribution in [-0.4, -0.2) is 33.4 Å². The predicted molar refractivity (Wildman–Crippen MR) is 83.9 cm³/mol. The summed E-state index contributed by atoms with van der Waals surface area (Å²) in [5, 5.41) is 28.6. The van der Waals surface area contributed by atoms with Crippen LogP contribution in [0.2, 0.25) is 0 Å². The molecule has 1 aromatic heterocycles. The number of carboxylic acids is 1. The van der Waals surface area contributed by atoms with Crippen LogP contribution < -0.4 is 4.74 Å². The molecule has 0 aliphatic heterocycles. The van der Waals surface area contributed by atoms with Crippen molar-refractivity contribution in [3.05, 3.63) is 52.3 Å². The molecule has 0 amide bonds. The van der Waals surface area contributed by atoms with Gasteiger partial charge in [0.25, 0.3) is 0 Å². The Balaban J connectivity index is 2.31. The van der Waals surface area contributed by atoms with E-state index in [1.54, 1.807) is 14.0 Å². The highest BCUT2D eigenvalue weighted by atomic mass is 16.5. The summed E-state index contributed by atoms with van der Waals surface area (Å²) < 4.78 is 5.10. The Morgan fingerprint density at radius 2 is 1.87 bits per heavy atom. The first-order chi connectivity index (χ1) is 11.0. The first-order valence-electron chi connectivity index (χ1n) is 7.16. The van der Waals surface area contributed by atoms with Crippen LogP contribution in [0.15, 0.2) is 24.3 Å². The number of hydrogen-bond acceptors (Lipinski definition) is 5. The maximum atomic E-state index is 11.5. The topological polar surface area (TPSA) is 99.9 Å². The molecule has 0 atom stereocenters. The second-order valence-electron chi connectivity index (χ2n) is 5.16. The highest BCUT2D eigenvalue weighted by molar-refractivity contribution is 5.91. The third kappa shape index (κ3) is 3.60. The third-order valence-corrected chi connectivity index (χ3v) is 3.70. The first kappa shape index (κ1) is 16.8. The number of aromatic carboxylic acids is 1. The average Bonchev–Trinajstić information content (AvgIpc) is 2.55. The minimum Gasteiger partial charge on any atom is -0.506 e. The van der Waals surface area contributed by atoms with Gasteiger partial charge in [-0.2, -0.15) is 0 Å². The number of aromatic hydroxyl groups is 1. The zero-order chi connectivity index (χ0) is 17.0. The van der Waals surface area contributed by atoms with E-state index in [1.165, 1.54) is 0 Å². The molecule has 2 aromatic rings. The quantitative estimate of drug-likeness (QED) is 0.754. The number of rotatable bonds is 6. The summed E-state index contributed by atoms with van der Waals surface area (Å²) >= 11 is 0. The second-order valence-corrected chi connectivity index (χ2v) is 5.16. The van der Waals surface area contributed by atoms with Crippen LogP contribution in [0.5, 0.6) is 11.5 Å². The molecular weight excluding hydrogens is 298 g/mol. The number of ether oxygens (including phenoxy) is 1. The number of aromatic nitrogens is 1. The van der Waals surface area contributed by atoms with Crippen molar-refractivity contribution in [1.82, 2.24) is 4.98 Å². The monoisotopic (exact) mass is 317 g/mol. The van der Waals surface area contributed by atoms with E-state index in [-0.39, 0.29) is 16.9 Å². The van der Waals surface area contributed by atoms with Gasteiger partial charge in [-0.1, -0.05) is 12.1 Å². The van der Waals surface area contributed by atoms with Crippen molar-refractivity contribution in [2.45, 2.75) is 26.4 Å². The summed E-state index contributed by atoms with van der Waals surface area (Å²) in [5.74, 6) is -0.721. The maximum absolute atomic E-state index is 11.5. The van der Waals surface area contributed by atoms with Crippen LogP contribution >= 0.6 is 0 Å². The number of benzene rings is 1. The van der Waals surface area contributed by atoms with Crippen LogP contribution in [0, 0.1) is 6.92 Å². The Hall–Kier alpha value is -2.60. The van der Waals surface area contributed by atoms with Gasteiger partial charge in [0.2, 0.25) is 0 Å². The minimum absolute atomic E-state index is 0.00901.